The number of nitrogens with one attached hydrogen (secondary N) is 1. The van der Waals surface area contributed by atoms with Gasteiger partial charge in [0.25, 0.3) is 5.91 Å². The van der Waals surface area contributed by atoms with Gasteiger partial charge in [-0.05, 0) is 47.5 Å². The summed E-state index contributed by atoms with van der Waals surface area (Å²) in [6.07, 6.45) is 3.27. The van der Waals surface area contributed by atoms with Crippen molar-refractivity contribution in [2.45, 2.75) is 12.0 Å². The van der Waals surface area contributed by atoms with E-state index in [0.717, 1.165) is 0 Å². The lowest BCUT2D eigenvalue weighted by atomic mass is 9.79. The fraction of sp³-hybridized carbons (Fsp3) is 0.200. The van der Waals surface area contributed by atoms with Gasteiger partial charge in [-0.25, -0.2) is 0 Å². The molecule has 0 aliphatic carbocycles. The summed E-state index contributed by atoms with van der Waals surface area (Å²) in [4.78, 5) is 44.6. The first-order valence-corrected chi connectivity index (χ1v) is 10.4. The summed E-state index contributed by atoms with van der Waals surface area (Å²) >= 11 is 0. The lowest BCUT2D eigenvalue weighted by molar-refractivity contribution is -0.141. The summed E-state index contributed by atoms with van der Waals surface area (Å²) in [5, 5.41) is 2.66. The normalized spacial score (nSPS) is 17.2. The number of esters is 1. The summed E-state index contributed by atoms with van der Waals surface area (Å²) in [7, 11) is 2.82. The van der Waals surface area contributed by atoms with E-state index in [2.05, 4.69) is 15.0 Å². The van der Waals surface area contributed by atoms with E-state index in [-0.39, 0.29) is 12.5 Å². The van der Waals surface area contributed by atoms with E-state index in [1.165, 1.54) is 7.11 Å². The predicted molar refractivity (Wildman–Crippen MR) is 121 cm³/mol. The number of benzene rings is 2. The Labute approximate surface area is 191 Å². The maximum absolute atomic E-state index is 13.7. The largest absolute Gasteiger partial charge is 0.497 e. The second-order valence-electron chi connectivity index (χ2n) is 7.46. The smallest absolute Gasteiger partial charge is 0.325 e. The van der Waals surface area contributed by atoms with Gasteiger partial charge in [0.15, 0.2) is 0 Å². The molecule has 0 saturated heterocycles. The Bertz CT molecular complexity index is 1160. The van der Waals surface area contributed by atoms with Gasteiger partial charge < -0.3 is 14.8 Å². The highest BCUT2D eigenvalue weighted by Gasteiger charge is 2.45. The van der Waals surface area contributed by atoms with Crippen LogP contribution in [0.5, 0.6) is 5.75 Å². The molecule has 8 nitrogen and oxygen atoms in total. The molecule has 1 aromatic heterocycles. The van der Waals surface area contributed by atoms with Gasteiger partial charge in [-0.2, -0.15) is 0 Å². The summed E-state index contributed by atoms with van der Waals surface area (Å²) in [5.74, 6) is -1.33. The fourth-order valence-corrected chi connectivity index (χ4v) is 4.08. The third kappa shape index (κ3) is 4.27. The molecule has 0 spiro atoms. The first-order valence-electron chi connectivity index (χ1n) is 10.4. The molecule has 0 bridgehead atoms. The van der Waals surface area contributed by atoms with Crippen molar-refractivity contribution in [1.29, 1.82) is 0 Å². The van der Waals surface area contributed by atoms with Gasteiger partial charge >= 0.3 is 5.97 Å². The quantitative estimate of drug-likeness (QED) is 0.586. The van der Waals surface area contributed by atoms with Crippen LogP contribution in [-0.4, -0.2) is 43.5 Å². The van der Waals surface area contributed by atoms with Crippen LogP contribution < -0.4 is 15.0 Å². The molecule has 0 radical (unpaired) electrons. The average Bonchev–Trinajstić information content (AvgIpc) is 2.87. The molecule has 2 atom stereocenters. The third-order valence-corrected chi connectivity index (χ3v) is 5.63. The second kappa shape index (κ2) is 9.52. The topological polar surface area (TPSA) is 97.8 Å². The predicted octanol–water partition coefficient (Wildman–Crippen LogP) is 2.86. The van der Waals surface area contributed by atoms with Gasteiger partial charge in [-0.15, -0.1) is 0 Å². The molecule has 0 fully saturated rings. The highest BCUT2D eigenvalue weighted by Crippen LogP contribution is 2.45. The number of fused-ring (bicyclic) bond motifs is 1. The fourth-order valence-electron chi connectivity index (χ4n) is 4.08. The number of methoxy groups -OCH3 is 2. The van der Waals surface area contributed by atoms with Crippen LogP contribution in [0.25, 0.3) is 0 Å². The Morgan fingerprint density at radius 3 is 2.45 bits per heavy atom. The highest BCUT2D eigenvalue weighted by atomic mass is 16.5. The number of rotatable bonds is 6. The van der Waals surface area contributed by atoms with E-state index in [1.54, 1.807) is 79.0 Å². The highest BCUT2D eigenvalue weighted by molar-refractivity contribution is 6.11. The van der Waals surface area contributed by atoms with Crippen LogP contribution in [0.4, 0.5) is 5.69 Å². The number of hydrogen-bond acceptors (Lipinski definition) is 6. The van der Waals surface area contributed by atoms with Gasteiger partial charge in [0, 0.05) is 23.6 Å². The van der Waals surface area contributed by atoms with Crippen molar-refractivity contribution in [3.05, 3.63) is 89.7 Å². The maximum Gasteiger partial charge on any atom is 0.325 e. The van der Waals surface area contributed by atoms with Crippen LogP contribution in [0.15, 0.2) is 73.1 Å². The lowest BCUT2D eigenvalue weighted by Gasteiger charge is -2.41. The number of ether oxygens (including phenoxy) is 2. The summed E-state index contributed by atoms with van der Waals surface area (Å²) in [5.41, 5.74) is 2.31. The van der Waals surface area contributed by atoms with E-state index in [9.17, 15) is 14.4 Å². The van der Waals surface area contributed by atoms with E-state index in [1.807, 2.05) is 6.07 Å². The first kappa shape index (κ1) is 22.0. The van der Waals surface area contributed by atoms with Crippen molar-refractivity contribution in [2.24, 2.45) is 0 Å². The molecule has 3 aromatic rings. The van der Waals surface area contributed by atoms with Crippen molar-refractivity contribution in [2.75, 3.05) is 25.7 Å². The number of anilines is 1. The van der Waals surface area contributed by atoms with E-state index in [4.69, 9.17) is 4.74 Å². The van der Waals surface area contributed by atoms with Crippen LogP contribution >= 0.6 is 0 Å². The minimum absolute atomic E-state index is 0.235. The molecular weight excluding hydrogens is 422 g/mol. The van der Waals surface area contributed by atoms with Crippen LogP contribution in [0, 0.1) is 0 Å². The average molecular weight is 445 g/mol. The number of carbonyl (C=O) groups is 3. The van der Waals surface area contributed by atoms with Crippen molar-refractivity contribution < 1.29 is 23.9 Å². The van der Waals surface area contributed by atoms with Gasteiger partial charge in [0.2, 0.25) is 5.91 Å². The maximum atomic E-state index is 13.7. The number of nitrogens with zero attached hydrogens (tertiary/aromatic N) is 2. The van der Waals surface area contributed by atoms with Gasteiger partial charge in [-0.1, -0.05) is 24.3 Å². The number of hydrogen-bond donors (Lipinski definition) is 1. The Morgan fingerprint density at radius 2 is 1.79 bits per heavy atom. The summed E-state index contributed by atoms with van der Waals surface area (Å²) in [6, 6.07) is 17.0. The zero-order valence-electron chi connectivity index (χ0n) is 18.2. The van der Waals surface area contributed by atoms with Crippen molar-refractivity contribution >= 4 is 23.5 Å². The Morgan fingerprint density at radius 1 is 1.03 bits per heavy atom. The van der Waals surface area contributed by atoms with Crippen LogP contribution in [-0.2, 0) is 14.3 Å². The number of pyridine rings is 1. The molecule has 8 heteroatoms. The molecule has 0 unspecified atom stereocenters. The molecular formula is C25H23N3O5. The molecule has 4 rings (SSSR count). The zero-order chi connectivity index (χ0) is 23.4. The molecule has 0 saturated carbocycles. The Kier molecular flexibility index (Phi) is 6.35. The molecule has 2 aromatic carbocycles. The molecule has 1 N–H and O–H groups in total. The van der Waals surface area contributed by atoms with E-state index in [0.29, 0.717) is 28.1 Å². The second-order valence-corrected chi connectivity index (χ2v) is 7.46. The van der Waals surface area contributed by atoms with E-state index < -0.39 is 23.8 Å². The zero-order valence-corrected chi connectivity index (χ0v) is 18.2. The number of amides is 2. The van der Waals surface area contributed by atoms with E-state index >= 15 is 0 Å². The Hall–Kier alpha value is -4.20. The summed E-state index contributed by atoms with van der Waals surface area (Å²) in [6.45, 7) is -0.274. The molecule has 168 valence electrons. The minimum Gasteiger partial charge on any atom is -0.497 e. The minimum atomic E-state index is -0.783. The third-order valence-electron chi connectivity index (χ3n) is 5.63. The molecule has 1 aliphatic rings. The number of carbonyl (C=O) groups excluding carboxylic acids is 3. The number of aromatic nitrogens is 1. The lowest BCUT2D eigenvalue weighted by Crippen LogP contribution is -2.48. The Balaban J connectivity index is 1.87. The van der Waals surface area contributed by atoms with Crippen LogP contribution in [0.3, 0.4) is 0 Å². The van der Waals surface area contributed by atoms with Crippen molar-refractivity contribution in [1.82, 2.24) is 10.3 Å². The van der Waals surface area contributed by atoms with Crippen LogP contribution in [0.2, 0.25) is 0 Å². The monoisotopic (exact) mass is 445 g/mol. The molecule has 2 amide bonds. The van der Waals surface area contributed by atoms with Gasteiger partial charge in [-0.3, -0.25) is 24.3 Å². The van der Waals surface area contributed by atoms with Crippen molar-refractivity contribution in [3.63, 3.8) is 0 Å². The van der Waals surface area contributed by atoms with Gasteiger partial charge in [0.1, 0.15) is 12.3 Å². The molecule has 1 aliphatic heterocycles. The van der Waals surface area contributed by atoms with Crippen molar-refractivity contribution in [3.8, 4) is 5.75 Å². The molecule has 33 heavy (non-hydrogen) atoms. The van der Waals surface area contributed by atoms with Crippen LogP contribution in [0.1, 0.15) is 33.4 Å². The standard InChI is InChI=1S/C25H23N3O5/c1-32-18-11-9-17(10-12-18)28-23(16-6-5-13-26-14-16)22(24(30)27-15-21(29)33-2)19-7-3-4-8-20(19)25(28)31/h3-14,22-23H,15H2,1-2H3,(H,27,30)/t22-,23-/m0/s1. The first-order chi connectivity index (χ1) is 16.0. The SMILES string of the molecule is COC(=O)CNC(=O)[C@H]1c2ccccc2C(=O)N(c2ccc(OC)cc2)[C@H]1c1cccnc1. The molecule has 2 heterocycles. The summed E-state index contributed by atoms with van der Waals surface area (Å²) < 4.78 is 9.91. The van der Waals surface area contributed by atoms with Gasteiger partial charge in [0.05, 0.1) is 26.2 Å².